The van der Waals surface area contributed by atoms with Crippen molar-refractivity contribution < 1.29 is 23.9 Å². The number of hydrogen-bond donors (Lipinski definition) is 1. The largest absolute Gasteiger partial charge is 0.452 e. The molecule has 3 amide bonds. The molecule has 3 aliphatic rings. The number of hydrogen-bond acceptors (Lipinski definition) is 5. The second-order valence-corrected chi connectivity index (χ2v) is 11.1. The van der Waals surface area contributed by atoms with E-state index in [-0.39, 0.29) is 52.0 Å². The summed E-state index contributed by atoms with van der Waals surface area (Å²) in [5.74, 6) is -1.79. The van der Waals surface area contributed by atoms with E-state index in [4.69, 9.17) is 27.9 Å². The molecule has 1 saturated heterocycles. The number of nitrogens with one attached hydrogen (secondary N) is 1. The molecule has 6 rings (SSSR count). The Labute approximate surface area is 235 Å². The third kappa shape index (κ3) is 4.60. The molecule has 0 radical (unpaired) electrons. The van der Waals surface area contributed by atoms with Crippen LogP contribution in [0.15, 0.2) is 72.8 Å². The van der Waals surface area contributed by atoms with Crippen LogP contribution in [0.5, 0.6) is 0 Å². The number of halogens is 2. The summed E-state index contributed by atoms with van der Waals surface area (Å²) in [5, 5.41) is 3.21. The minimum atomic E-state index is -0.746. The van der Waals surface area contributed by atoms with Crippen LogP contribution in [0.2, 0.25) is 10.0 Å². The Morgan fingerprint density at radius 3 is 2.41 bits per heavy atom. The van der Waals surface area contributed by atoms with Crippen LogP contribution in [-0.2, 0) is 19.1 Å². The lowest BCUT2D eigenvalue weighted by Crippen LogP contribution is -2.33. The lowest BCUT2D eigenvalue weighted by molar-refractivity contribution is -0.123. The maximum atomic E-state index is 13.6. The van der Waals surface area contributed by atoms with Crippen LogP contribution < -0.4 is 10.2 Å². The number of carbonyl (C=O) groups excluding carboxylic acids is 4. The van der Waals surface area contributed by atoms with Crippen molar-refractivity contribution in [2.75, 3.05) is 16.8 Å². The molecule has 5 atom stereocenters. The highest BCUT2D eigenvalue weighted by atomic mass is 35.5. The molecule has 3 fully saturated rings. The van der Waals surface area contributed by atoms with Gasteiger partial charge in [0, 0.05) is 5.69 Å². The first kappa shape index (κ1) is 25.6. The van der Waals surface area contributed by atoms with Crippen LogP contribution in [0.1, 0.15) is 34.7 Å². The number of ether oxygens (including phenoxy) is 1. The predicted octanol–water partition coefficient (Wildman–Crippen LogP) is 5.72. The van der Waals surface area contributed by atoms with E-state index in [9.17, 15) is 19.2 Å². The van der Waals surface area contributed by atoms with E-state index in [1.54, 1.807) is 24.3 Å². The topological polar surface area (TPSA) is 92.8 Å². The van der Waals surface area contributed by atoms with Gasteiger partial charge >= 0.3 is 5.97 Å². The molecule has 2 saturated carbocycles. The second-order valence-electron chi connectivity index (χ2n) is 10.3. The minimum absolute atomic E-state index is 0.131. The lowest BCUT2D eigenvalue weighted by atomic mass is 9.73. The number of imide groups is 1. The van der Waals surface area contributed by atoms with Crippen molar-refractivity contribution in [2.45, 2.75) is 18.8 Å². The molecule has 1 heterocycles. The maximum absolute atomic E-state index is 13.6. The van der Waals surface area contributed by atoms with Crippen molar-refractivity contribution in [2.24, 2.45) is 23.7 Å². The summed E-state index contributed by atoms with van der Waals surface area (Å²) in [6, 6.07) is 21.0. The third-order valence-corrected chi connectivity index (χ3v) is 8.86. The standard InChI is InChI=1S/C30H24Cl2N2O5/c31-23-10-9-19(14-24(23)32)33-25(35)15-39-30(38)17-7-4-8-20(11-17)34-28(36)26-18-12-21(16-5-2-1-3-6-16)22(13-18)27(26)29(34)37/h1-11,14,18,21-22,26-27H,12-13,15H2,(H,33,35)/t18-,21+,22+,26+,27+/m0/s1. The normalized spacial score (nSPS) is 25.1. The first-order valence-electron chi connectivity index (χ1n) is 12.8. The molecule has 3 aromatic carbocycles. The van der Waals surface area contributed by atoms with Crippen molar-refractivity contribution in [3.63, 3.8) is 0 Å². The van der Waals surface area contributed by atoms with Gasteiger partial charge in [-0.25, -0.2) is 4.79 Å². The van der Waals surface area contributed by atoms with Crippen LogP contribution in [0.25, 0.3) is 0 Å². The maximum Gasteiger partial charge on any atom is 0.338 e. The third-order valence-electron chi connectivity index (χ3n) is 8.12. The highest BCUT2D eigenvalue weighted by Crippen LogP contribution is 2.61. The van der Waals surface area contributed by atoms with Gasteiger partial charge in [0.1, 0.15) is 0 Å². The van der Waals surface area contributed by atoms with Gasteiger partial charge in [-0.1, -0.05) is 59.6 Å². The van der Waals surface area contributed by atoms with E-state index in [2.05, 4.69) is 17.4 Å². The molecule has 7 nitrogen and oxygen atoms in total. The zero-order chi connectivity index (χ0) is 27.3. The zero-order valence-corrected chi connectivity index (χ0v) is 22.2. The fourth-order valence-electron chi connectivity index (χ4n) is 6.55. The summed E-state index contributed by atoms with van der Waals surface area (Å²) in [5.41, 5.74) is 2.10. The number of fused-ring (bicyclic) bond motifs is 5. The highest BCUT2D eigenvalue weighted by Gasteiger charge is 2.64. The molecule has 2 bridgehead atoms. The minimum Gasteiger partial charge on any atom is -0.452 e. The number of rotatable bonds is 6. The molecular weight excluding hydrogens is 539 g/mol. The van der Waals surface area contributed by atoms with E-state index in [0.717, 1.165) is 12.8 Å². The average molecular weight is 563 g/mol. The molecule has 1 aliphatic heterocycles. The number of anilines is 2. The Morgan fingerprint density at radius 1 is 0.872 bits per heavy atom. The molecule has 0 spiro atoms. The van der Waals surface area contributed by atoms with Crippen LogP contribution in [0.4, 0.5) is 11.4 Å². The predicted molar refractivity (Wildman–Crippen MR) is 147 cm³/mol. The summed E-state index contributed by atoms with van der Waals surface area (Å²) in [4.78, 5) is 53.3. The van der Waals surface area contributed by atoms with Crippen molar-refractivity contribution in [3.05, 3.63) is 94.0 Å². The SMILES string of the molecule is O=C(COC(=O)c1cccc(N2C(=O)[C@@H]3[C@@H]4C[C@@H]([C@H]3C2=O)[C@@H](c2ccccc2)C4)c1)Nc1ccc(Cl)c(Cl)c1. The number of amides is 3. The quantitative estimate of drug-likeness (QED) is 0.306. The first-order valence-corrected chi connectivity index (χ1v) is 13.5. The highest BCUT2D eigenvalue weighted by molar-refractivity contribution is 6.42. The molecule has 3 aromatic rings. The Morgan fingerprint density at radius 2 is 1.64 bits per heavy atom. The monoisotopic (exact) mass is 562 g/mol. The lowest BCUT2D eigenvalue weighted by Gasteiger charge is -2.28. The van der Waals surface area contributed by atoms with Gasteiger partial charge in [0.25, 0.3) is 5.91 Å². The number of nitrogens with zero attached hydrogens (tertiary/aromatic N) is 1. The number of esters is 1. The molecule has 0 unspecified atom stereocenters. The van der Waals surface area contributed by atoms with Gasteiger partial charge in [-0.2, -0.15) is 0 Å². The summed E-state index contributed by atoms with van der Waals surface area (Å²) >= 11 is 11.8. The summed E-state index contributed by atoms with van der Waals surface area (Å²) < 4.78 is 5.17. The number of benzene rings is 3. The van der Waals surface area contributed by atoms with E-state index < -0.39 is 18.5 Å². The van der Waals surface area contributed by atoms with Crippen molar-refractivity contribution in [3.8, 4) is 0 Å². The molecular formula is C30H24Cl2N2O5. The first-order chi connectivity index (χ1) is 18.8. The molecule has 2 aliphatic carbocycles. The Balaban J connectivity index is 1.13. The Hall–Kier alpha value is -3.68. The van der Waals surface area contributed by atoms with E-state index in [1.165, 1.54) is 28.7 Å². The van der Waals surface area contributed by atoms with Crippen LogP contribution in [-0.4, -0.2) is 30.3 Å². The van der Waals surface area contributed by atoms with Crippen LogP contribution in [0, 0.1) is 23.7 Å². The molecule has 9 heteroatoms. The van der Waals surface area contributed by atoms with Gasteiger partial charge in [-0.3, -0.25) is 19.3 Å². The molecule has 1 N–H and O–H groups in total. The van der Waals surface area contributed by atoms with Crippen LogP contribution >= 0.6 is 23.2 Å². The molecule has 0 aromatic heterocycles. The fraction of sp³-hybridized carbons (Fsp3) is 0.267. The van der Waals surface area contributed by atoms with Gasteiger partial charge in [-0.15, -0.1) is 0 Å². The van der Waals surface area contributed by atoms with Crippen molar-refractivity contribution >= 4 is 58.3 Å². The Bertz CT molecular complexity index is 1490. The van der Waals surface area contributed by atoms with Crippen LogP contribution in [0.3, 0.4) is 0 Å². The molecule has 198 valence electrons. The van der Waals surface area contributed by atoms with E-state index in [0.29, 0.717) is 16.4 Å². The van der Waals surface area contributed by atoms with Crippen molar-refractivity contribution in [1.29, 1.82) is 0 Å². The van der Waals surface area contributed by atoms with E-state index in [1.807, 2.05) is 18.2 Å². The zero-order valence-electron chi connectivity index (χ0n) is 20.7. The van der Waals surface area contributed by atoms with Gasteiger partial charge in [-0.05, 0) is 72.6 Å². The van der Waals surface area contributed by atoms with Gasteiger partial charge in [0.05, 0.1) is 33.1 Å². The second kappa shape index (κ2) is 10.1. The van der Waals surface area contributed by atoms with Crippen molar-refractivity contribution in [1.82, 2.24) is 0 Å². The van der Waals surface area contributed by atoms with Gasteiger partial charge in [0.15, 0.2) is 6.61 Å². The van der Waals surface area contributed by atoms with Gasteiger partial charge in [0.2, 0.25) is 11.8 Å². The number of carbonyl (C=O) groups is 4. The average Bonchev–Trinajstić information content (AvgIpc) is 3.61. The Kier molecular flexibility index (Phi) is 6.65. The summed E-state index contributed by atoms with van der Waals surface area (Å²) in [6.07, 6.45) is 1.79. The van der Waals surface area contributed by atoms with E-state index >= 15 is 0 Å². The van der Waals surface area contributed by atoms with Gasteiger partial charge < -0.3 is 10.1 Å². The summed E-state index contributed by atoms with van der Waals surface area (Å²) in [7, 11) is 0. The summed E-state index contributed by atoms with van der Waals surface area (Å²) in [6.45, 7) is -0.529. The molecule has 39 heavy (non-hydrogen) atoms. The fourth-order valence-corrected chi connectivity index (χ4v) is 6.85. The smallest absolute Gasteiger partial charge is 0.338 e.